The van der Waals surface area contributed by atoms with Crippen LogP contribution in [0.15, 0.2) is 54.6 Å². The molecule has 35 nitrogen and oxygen atoms in total. The number of unbranched alkanes of at least 4 members (excludes halogenated alkanes) is 14. The van der Waals surface area contributed by atoms with Crippen LogP contribution in [-0.4, -0.2) is 210 Å². The molecule has 0 spiro atoms. The molecule has 122 heavy (non-hydrogen) atoms. The molecule has 0 aliphatic rings. The van der Waals surface area contributed by atoms with Crippen LogP contribution in [0.3, 0.4) is 0 Å². The van der Waals surface area contributed by atoms with E-state index < -0.39 is 199 Å². The van der Waals surface area contributed by atoms with Crippen molar-refractivity contribution in [3.63, 3.8) is 0 Å². The fourth-order valence-corrected chi connectivity index (χ4v) is 13.7. The normalized spacial score (nSPS) is 14.3. The van der Waals surface area contributed by atoms with E-state index in [0.29, 0.717) is 38.6 Å². The maximum Gasteiger partial charge on any atom is 0.326 e. The van der Waals surface area contributed by atoms with Crippen molar-refractivity contribution in [1.29, 1.82) is 0 Å². The van der Waals surface area contributed by atoms with Gasteiger partial charge in [-0.1, -0.05) is 187 Å². The number of carbonyl (C=O) groups excluding carboxylic acids is 15. The first-order valence-corrected chi connectivity index (χ1v) is 43.1. The van der Waals surface area contributed by atoms with Crippen LogP contribution in [0.1, 0.15) is 230 Å². The SMILES string of the molecule is CCCCCCCCCCCCCCCC(=O)N[C@@H](CCCCNC(=O)Cc1ccc2ccc3cccc4ccc1c2c34)C(=O)N[C@@H](C)C(=O)N[C@@H](C)C(=O)N[C@@H](C)C(=O)N[C@@H](C)C(=O)NCC(=O)NCC(=O)NCC(=O)N[C@@H](CC(=O)O)C(=O)N[C@H](C(=O)N[C@@H](CCCCN)C(=O)N[C@H](C(=O)N[C@@H](C)C(=O)N[C@H](C(=O)O)C(C)C)C(C)C)[C@@H](C)CC. The molecule has 0 aliphatic heterocycles. The van der Waals surface area contributed by atoms with Crippen LogP contribution in [-0.2, 0) is 87.9 Å². The molecular weight excluding hydrogens is 1570 g/mol. The first kappa shape index (κ1) is 103. The third-order valence-corrected chi connectivity index (χ3v) is 21.3. The van der Waals surface area contributed by atoms with Gasteiger partial charge in [0, 0.05) is 13.0 Å². The molecule has 12 atom stereocenters. The second-order valence-corrected chi connectivity index (χ2v) is 32.4. The van der Waals surface area contributed by atoms with Crippen molar-refractivity contribution in [3.05, 3.63) is 60.2 Å². The minimum atomic E-state index is -1.83. The van der Waals surface area contributed by atoms with Crippen molar-refractivity contribution in [2.24, 2.45) is 23.5 Å². The predicted octanol–water partition coefficient (Wildman–Crippen LogP) is 3.72. The summed E-state index contributed by atoms with van der Waals surface area (Å²) < 4.78 is 0. The van der Waals surface area contributed by atoms with Crippen LogP contribution < -0.4 is 85.5 Å². The van der Waals surface area contributed by atoms with Crippen LogP contribution in [0.4, 0.5) is 0 Å². The Labute approximate surface area is 714 Å². The van der Waals surface area contributed by atoms with Gasteiger partial charge in [0.2, 0.25) is 88.6 Å². The number of carbonyl (C=O) groups is 17. The zero-order valence-electron chi connectivity index (χ0n) is 73.0. The Hall–Kier alpha value is -11.1. The highest BCUT2D eigenvalue weighted by atomic mass is 16.4. The Morgan fingerprint density at radius 2 is 0.754 bits per heavy atom. The topological polar surface area (TPSA) is 537 Å². The molecule has 4 aromatic carbocycles. The molecule has 35 heteroatoms. The van der Waals surface area contributed by atoms with E-state index in [9.17, 15) is 91.7 Å². The minimum Gasteiger partial charge on any atom is -0.481 e. The van der Waals surface area contributed by atoms with Gasteiger partial charge in [-0.3, -0.25) is 76.7 Å². The quantitative estimate of drug-likeness (QED) is 0.0221. The van der Waals surface area contributed by atoms with E-state index in [1.54, 1.807) is 41.5 Å². The monoisotopic (exact) mass is 1710 g/mol. The fourth-order valence-electron chi connectivity index (χ4n) is 13.7. The third-order valence-electron chi connectivity index (χ3n) is 21.3. The lowest BCUT2D eigenvalue weighted by Crippen LogP contribution is -2.61. The van der Waals surface area contributed by atoms with Crippen LogP contribution in [0, 0.1) is 17.8 Å². The zero-order chi connectivity index (χ0) is 90.7. The van der Waals surface area contributed by atoms with Crippen molar-refractivity contribution in [2.75, 3.05) is 32.7 Å². The van der Waals surface area contributed by atoms with E-state index in [4.69, 9.17) is 5.73 Å². The largest absolute Gasteiger partial charge is 0.481 e. The molecular formula is C87H134N16O19. The standard InChI is InChI=1S/C87H134N16O19/c1-13-15-16-17-18-19-20-21-22-23-24-25-26-36-66(104)98-63(35-28-30-44-89-67(105)45-61-40-39-60-38-37-58-32-31-33-59-41-42-62(61)73(60)72(58)59)82(116)96-56(11)80(114)95-55(10)79(113)94-54(9)78(112)93-53(8)77(111)92-48-69(107)90-47-68(106)91-49-70(108)99-65(46-71(109)110)84(118)103-76(52(7)14-2)86(120)100-64(34-27-29-43-88)83(117)101-74(50(3)4)85(119)97-57(12)81(115)102-75(51(5)6)87(121)122/h31-33,37-42,50-57,63-65,74-76H,13-30,34-36,43-49,88H2,1-12H3,(H,89,105)(H,90,107)(H,91,106)(H,92,111)(H,93,112)(H,94,113)(H,95,114)(H,96,116)(H,97,119)(H,98,104)(H,99,108)(H,100,120)(H,101,117)(H,102,115)(H,103,118)(H,109,110)(H,121,122)/t52-,53-,54-,55-,56-,57-,63-,64-,65-,74-,75-,76-/m0/s1. The number of carboxylic acids is 2. The van der Waals surface area contributed by atoms with E-state index in [1.165, 1.54) is 86.0 Å². The van der Waals surface area contributed by atoms with E-state index in [-0.39, 0.29) is 50.5 Å². The summed E-state index contributed by atoms with van der Waals surface area (Å²) in [4.78, 5) is 224. The van der Waals surface area contributed by atoms with E-state index in [2.05, 4.69) is 123 Å². The Morgan fingerprint density at radius 1 is 0.344 bits per heavy atom. The van der Waals surface area contributed by atoms with Crippen molar-refractivity contribution in [1.82, 2.24) is 79.8 Å². The van der Waals surface area contributed by atoms with Crippen molar-refractivity contribution >= 4 is 133 Å². The highest BCUT2D eigenvalue weighted by Gasteiger charge is 2.37. The van der Waals surface area contributed by atoms with Crippen LogP contribution in [0.25, 0.3) is 32.3 Å². The lowest BCUT2D eigenvalue weighted by molar-refractivity contribution is -0.143. The molecule has 0 fully saturated rings. The molecule has 15 amide bonds. The van der Waals surface area contributed by atoms with Gasteiger partial charge < -0.3 is 95.7 Å². The van der Waals surface area contributed by atoms with Gasteiger partial charge in [0.05, 0.1) is 32.5 Å². The second kappa shape index (κ2) is 54.3. The third kappa shape index (κ3) is 36.3. The number of carboxylic acid groups (broad SMARTS) is 2. The predicted molar refractivity (Wildman–Crippen MR) is 462 cm³/mol. The van der Waals surface area contributed by atoms with Gasteiger partial charge in [-0.05, 0) is 142 Å². The molecule has 0 aliphatic carbocycles. The van der Waals surface area contributed by atoms with Crippen LogP contribution in [0.2, 0.25) is 0 Å². The number of rotatable bonds is 59. The Morgan fingerprint density at radius 3 is 1.27 bits per heavy atom. The lowest BCUT2D eigenvalue weighted by Gasteiger charge is -2.29. The molecule has 0 saturated heterocycles. The number of nitrogens with one attached hydrogen (secondary N) is 15. The summed E-state index contributed by atoms with van der Waals surface area (Å²) >= 11 is 0. The molecule has 4 rings (SSSR count). The Balaban J connectivity index is 1.23. The van der Waals surface area contributed by atoms with Gasteiger partial charge in [0.25, 0.3) is 0 Å². The molecule has 0 aromatic heterocycles. The lowest BCUT2D eigenvalue weighted by atomic mass is 9.91. The van der Waals surface area contributed by atoms with Crippen LogP contribution in [0.5, 0.6) is 0 Å². The first-order valence-electron chi connectivity index (χ1n) is 43.1. The molecule has 0 saturated carbocycles. The number of hydrogen-bond acceptors (Lipinski definition) is 18. The summed E-state index contributed by atoms with van der Waals surface area (Å²) in [5, 5.41) is 63.3. The first-order chi connectivity index (χ1) is 57.9. The van der Waals surface area contributed by atoms with Gasteiger partial charge in [0.1, 0.15) is 66.5 Å². The highest BCUT2D eigenvalue weighted by molar-refractivity contribution is 6.24. The maximum absolute atomic E-state index is 14.1. The van der Waals surface area contributed by atoms with Crippen LogP contribution >= 0.6 is 0 Å². The molecule has 19 N–H and O–H groups in total. The number of aliphatic carboxylic acids is 2. The minimum absolute atomic E-state index is 0.000864. The van der Waals surface area contributed by atoms with Gasteiger partial charge >= 0.3 is 11.9 Å². The number of nitrogens with two attached hydrogens (primary N) is 1. The summed E-state index contributed by atoms with van der Waals surface area (Å²) in [5.41, 5.74) is 6.62. The molecule has 4 aromatic rings. The van der Waals surface area contributed by atoms with E-state index >= 15 is 0 Å². The average Bonchev–Trinajstić information content (AvgIpc) is 0.740. The molecule has 0 bridgehead atoms. The maximum atomic E-state index is 14.1. The van der Waals surface area contributed by atoms with Gasteiger partial charge in [0.15, 0.2) is 0 Å². The number of benzene rings is 4. The molecule has 0 heterocycles. The number of amides is 15. The highest BCUT2D eigenvalue weighted by Crippen LogP contribution is 2.36. The summed E-state index contributed by atoms with van der Waals surface area (Å²) in [6, 6.07) is 4.12. The summed E-state index contributed by atoms with van der Waals surface area (Å²) in [6.07, 6.45) is 16.2. The van der Waals surface area contributed by atoms with Crippen molar-refractivity contribution < 1.29 is 91.7 Å². The van der Waals surface area contributed by atoms with Crippen molar-refractivity contribution in [2.45, 2.75) is 297 Å². The summed E-state index contributed by atoms with van der Waals surface area (Å²) in [7, 11) is 0. The summed E-state index contributed by atoms with van der Waals surface area (Å²) in [6.45, 7) is 16.8. The van der Waals surface area contributed by atoms with Gasteiger partial charge in [-0.25, -0.2) is 4.79 Å². The van der Waals surface area contributed by atoms with Gasteiger partial charge in [-0.15, -0.1) is 0 Å². The molecule has 676 valence electrons. The Bertz CT molecular complexity index is 4160. The van der Waals surface area contributed by atoms with Crippen molar-refractivity contribution in [3.8, 4) is 0 Å². The molecule has 0 radical (unpaired) electrons. The second-order valence-electron chi connectivity index (χ2n) is 32.4. The zero-order valence-corrected chi connectivity index (χ0v) is 73.0. The smallest absolute Gasteiger partial charge is 0.326 e. The van der Waals surface area contributed by atoms with E-state index in [0.717, 1.165) is 63.6 Å². The number of hydrogen-bond donors (Lipinski definition) is 18. The van der Waals surface area contributed by atoms with E-state index in [1.807, 2.05) is 18.2 Å². The molecule has 0 unspecified atom stereocenters. The summed E-state index contributed by atoms with van der Waals surface area (Å²) in [5.74, 6) is -16.3. The Kier molecular flexibility index (Phi) is 45.9. The average molecular weight is 1710 g/mol. The van der Waals surface area contributed by atoms with Gasteiger partial charge in [-0.2, -0.15) is 0 Å². The fraction of sp³-hybridized carbons (Fsp3) is 0.621.